The number of anilines is 1. The van der Waals surface area contributed by atoms with Gasteiger partial charge in [0.15, 0.2) is 6.61 Å². The van der Waals surface area contributed by atoms with Crippen LogP contribution in [0.25, 0.3) is 0 Å². The molecule has 2 aromatic rings. The van der Waals surface area contributed by atoms with Gasteiger partial charge in [0.2, 0.25) is 5.91 Å². The van der Waals surface area contributed by atoms with Crippen LogP contribution in [-0.2, 0) is 9.59 Å². The summed E-state index contributed by atoms with van der Waals surface area (Å²) in [5, 5.41) is 7.01. The minimum absolute atomic E-state index is 0.0405. The maximum Gasteiger partial charge on any atom is 0.277 e. The second-order valence-electron chi connectivity index (χ2n) is 6.49. The van der Waals surface area contributed by atoms with Crippen molar-refractivity contribution in [3.05, 3.63) is 45.4 Å². The fourth-order valence-corrected chi connectivity index (χ4v) is 2.95. The summed E-state index contributed by atoms with van der Waals surface area (Å²) in [5.74, 6) is 0.575. The molecule has 2 rings (SSSR count). The van der Waals surface area contributed by atoms with Crippen molar-refractivity contribution in [3.63, 3.8) is 0 Å². The molecular formula is C21H23BrClN3O5. The maximum absolute atomic E-state index is 12.3. The summed E-state index contributed by atoms with van der Waals surface area (Å²) in [5.41, 5.74) is 4.18. The SMILES string of the molecule is COc1cc(NC(=O)CC(C)=NNC(=O)COc2ccc(Br)c(C)c2)c(OC)cc1Cl. The Morgan fingerprint density at radius 2 is 1.81 bits per heavy atom. The zero-order valence-electron chi connectivity index (χ0n) is 17.5. The molecule has 2 amide bonds. The summed E-state index contributed by atoms with van der Waals surface area (Å²) < 4.78 is 16.8. The third-order valence-corrected chi connectivity index (χ3v) is 5.22. The van der Waals surface area contributed by atoms with Gasteiger partial charge in [0, 0.05) is 22.3 Å². The molecule has 0 spiro atoms. The summed E-state index contributed by atoms with van der Waals surface area (Å²) >= 11 is 9.47. The Morgan fingerprint density at radius 3 is 2.45 bits per heavy atom. The predicted molar refractivity (Wildman–Crippen MR) is 123 cm³/mol. The van der Waals surface area contributed by atoms with E-state index in [1.807, 2.05) is 19.1 Å². The molecule has 8 nitrogen and oxygen atoms in total. The molecule has 2 aromatic carbocycles. The van der Waals surface area contributed by atoms with Crippen LogP contribution >= 0.6 is 27.5 Å². The van der Waals surface area contributed by atoms with Gasteiger partial charge in [0.05, 0.1) is 31.4 Å². The van der Waals surface area contributed by atoms with Crippen LogP contribution in [0.3, 0.4) is 0 Å². The van der Waals surface area contributed by atoms with Gasteiger partial charge in [-0.1, -0.05) is 27.5 Å². The van der Waals surface area contributed by atoms with Gasteiger partial charge < -0.3 is 19.5 Å². The van der Waals surface area contributed by atoms with Crippen LogP contribution in [0.2, 0.25) is 5.02 Å². The summed E-state index contributed by atoms with van der Waals surface area (Å²) in [6.07, 6.45) is -0.0405. The Balaban J connectivity index is 1.88. The molecule has 0 heterocycles. The minimum atomic E-state index is -0.440. The number of carbonyl (C=O) groups is 2. The smallest absolute Gasteiger partial charge is 0.277 e. The molecule has 0 saturated carbocycles. The lowest BCUT2D eigenvalue weighted by molar-refractivity contribution is -0.123. The van der Waals surface area contributed by atoms with Gasteiger partial charge >= 0.3 is 0 Å². The van der Waals surface area contributed by atoms with Crippen LogP contribution in [0.15, 0.2) is 39.9 Å². The van der Waals surface area contributed by atoms with Gasteiger partial charge in [-0.15, -0.1) is 0 Å². The van der Waals surface area contributed by atoms with Gasteiger partial charge in [0.1, 0.15) is 17.2 Å². The highest BCUT2D eigenvalue weighted by atomic mass is 79.9. The van der Waals surface area contributed by atoms with Gasteiger partial charge in [-0.2, -0.15) is 5.10 Å². The quantitative estimate of drug-likeness (QED) is 0.385. The Morgan fingerprint density at radius 1 is 1.10 bits per heavy atom. The highest BCUT2D eigenvalue weighted by molar-refractivity contribution is 9.10. The number of ether oxygens (including phenoxy) is 3. The van der Waals surface area contributed by atoms with Crippen LogP contribution in [0.5, 0.6) is 17.2 Å². The summed E-state index contributed by atoms with van der Waals surface area (Å²) in [7, 11) is 2.94. The van der Waals surface area contributed by atoms with E-state index in [9.17, 15) is 9.59 Å². The molecule has 0 aliphatic rings. The van der Waals surface area contributed by atoms with Crippen LogP contribution in [0.4, 0.5) is 5.69 Å². The average Bonchev–Trinajstić information content (AvgIpc) is 2.73. The second kappa shape index (κ2) is 11.6. The summed E-state index contributed by atoms with van der Waals surface area (Å²) in [6, 6.07) is 8.52. The van der Waals surface area contributed by atoms with Crippen LogP contribution in [0, 0.1) is 6.92 Å². The minimum Gasteiger partial charge on any atom is -0.495 e. The number of rotatable bonds is 9. The van der Waals surface area contributed by atoms with Gasteiger partial charge in [0.25, 0.3) is 5.91 Å². The van der Waals surface area contributed by atoms with Crippen LogP contribution < -0.4 is 25.0 Å². The summed E-state index contributed by atoms with van der Waals surface area (Å²) in [4.78, 5) is 24.3. The fraction of sp³-hybridized carbons (Fsp3) is 0.286. The molecule has 0 fully saturated rings. The number of aryl methyl sites for hydroxylation is 1. The number of nitrogens with zero attached hydrogens (tertiary/aromatic N) is 1. The van der Waals surface area contributed by atoms with E-state index in [0.29, 0.717) is 33.7 Å². The van der Waals surface area contributed by atoms with Crippen molar-refractivity contribution in [1.82, 2.24) is 5.43 Å². The molecule has 0 unspecified atom stereocenters. The number of methoxy groups -OCH3 is 2. The van der Waals surface area contributed by atoms with E-state index in [0.717, 1.165) is 10.0 Å². The van der Waals surface area contributed by atoms with E-state index in [1.165, 1.54) is 14.2 Å². The van der Waals surface area contributed by atoms with E-state index in [4.69, 9.17) is 25.8 Å². The number of carbonyl (C=O) groups excluding carboxylic acids is 2. The van der Waals surface area contributed by atoms with Crippen molar-refractivity contribution in [3.8, 4) is 17.2 Å². The summed E-state index contributed by atoms with van der Waals surface area (Å²) in [6.45, 7) is 3.34. The first-order chi connectivity index (χ1) is 14.7. The first kappa shape index (κ1) is 24.5. The number of halogens is 2. The molecule has 31 heavy (non-hydrogen) atoms. The lowest BCUT2D eigenvalue weighted by Gasteiger charge is -2.13. The maximum atomic E-state index is 12.3. The number of amides is 2. The van der Waals surface area contributed by atoms with E-state index >= 15 is 0 Å². The number of nitrogens with one attached hydrogen (secondary N) is 2. The van der Waals surface area contributed by atoms with Crippen molar-refractivity contribution < 1.29 is 23.8 Å². The number of benzene rings is 2. The molecule has 0 aliphatic heterocycles. The normalized spacial score (nSPS) is 11.0. The molecule has 0 saturated heterocycles. The fourth-order valence-electron chi connectivity index (χ4n) is 2.47. The van der Waals surface area contributed by atoms with E-state index in [1.54, 1.807) is 25.1 Å². The van der Waals surface area contributed by atoms with E-state index < -0.39 is 5.91 Å². The standard InChI is InChI=1S/C21H23BrClN3O5/c1-12-7-14(5-6-15(12)22)31-11-21(28)26-25-13(2)8-20(27)24-17-10-18(29-3)16(23)9-19(17)30-4/h5-7,9-10H,8,11H2,1-4H3,(H,24,27)(H,26,28). The van der Waals surface area contributed by atoms with E-state index in [2.05, 4.69) is 31.8 Å². The molecule has 0 aliphatic carbocycles. The Kier molecular flexibility index (Phi) is 9.14. The molecule has 0 bridgehead atoms. The Labute approximate surface area is 194 Å². The van der Waals surface area contributed by atoms with Gasteiger partial charge in [-0.25, -0.2) is 5.43 Å². The molecule has 0 aromatic heterocycles. The molecule has 0 atom stereocenters. The third-order valence-electron chi connectivity index (χ3n) is 4.04. The lowest BCUT2D eigenvalue weighted by Crippen LogP contribution is -2.26. The van der Waals surface area contributed by atoms with E-state index in [-0.39, 0.29) is 18.9 Å². The predicted octanol–water partition coefficient (Wildman–Crippen LogP) is 4.33. The van der Waals surface area contributed by atoms with Crippen molar-refractivity contribution in [2.45, 2.75) is 20.3 Å². The highest BCUT2D eigenvalue weighted by Crippen LogP contribution is 2.35. The first-order valence-corrected chi connectivity index (χ1v) is 10.3. The van der Waals surface area contributed by atoms with Crippen molar-refractivity contribution in [2.75, 3.05) is 26.1 Å². The molecule has 0 radical (unpaired) electrons. The number of hydrogen-bond acceptors (Lipinski definition) is 6. The Hall–Kier alpha value is -2.78. The molecule has 2 N–H and O–H groups in total. The second-order valence-corrected chi connectivity index (χ2v) is 7.76. The van der Waals surface area contributed by atoms with Gasteiger partial charge in [-0.05, 0) is 37.6 Å². The average molecular weight is 513 g/mol. The molecule has 166 valence electrons. The zero-order chi connectivity index (χ0) is 23.0. The van der Waals surface area contributed by atoms with Crippen molar-refractivity contribution in [1.29, 1.82) is 0 Å². The van der Waals surface area contributed by atoms with Crippen molar-refractivity contribution >= 4 is 50.7 Å². The number of hydrazone groups is 1. The third kappa shape index (κ3) is 7.45. The van der Waals surface area contributed by atoms with Gasteiger partial charge in [-0.3, -0.25) is 9.59 Å². The molecule has 10 heteroatoms. The van der Waals surface area contributed by atoms with Crippen molar-refractivity contribution in [2.24, 2.45) is 5.10 Å². The monoisotopic (exact) mass is 511 g/mol. The largest absolute Gasteiger partial charge is 0.495 e. The topological polar surface area (TPSA) is 98.2 Å². The van der Waals surface area contributed by atoms with Crippen LogP contribution in [-0.4, -0.2) is 38.4 Å². The molecular weight excluding hydrogens is 490 g/mol. The Bertz CT molecular complexity index is 997. The lowest BCUT2D eigenvalue weighted by atomic mass is 10.2. The highest BCUT2D eigenvalue weighted by Gasteiger charge is 2.13. The van der Waals surface area contributed by atoms with Crippen LogP contribution in [0.1, 0.15) is 18.9 Å². The first-order valence-electron chi connectivity index (χ1n) is 9.15. The zero-order valence-corrected chi connectivity index (χ0v) is 19.9. The number of hydrogen-bond donors (Lipinski definition) is 2.